The van der Waals surface area contributed by atoms with E-state index in [-0.39, 0.29) is 17.5 Å². The molecule has 2 rings (SSSR count). The molecule has 3 nitrogen and oxygen atoms in total. The molecule has 1 aromatic carbocycles. The van der Waals surface area contributed by atoms with Gasteiger partial charge >= 0.3 is 0 Å². The molecule has 0 atom stereocenters. The van der Waals surface area contributed by atoms with E-state index in [1.807, 2.05) is 0 Å². The smallest absolute Gasteiger partial charge is 0.209 e. The molecule has 0 bridgehead atoms. The Morgan fingerprint density at radius 2 is 1.18 bits per heavy atom. The van der Waals surface area contributed by atoms with Crippen LogP contribution in [0.25, 0.3) is 11.4 Å². The summed E-state index contributed by atoms with van der Waals surface area (Å²) in [6, 6.07) is 4.71. The van der Waals surface area contributed by atoms with Crippen molar-refractivity contribution in [1.29, 1.82) is 0 Å². The lowest BCUT2D eigenvalue weighted by Gasteiger charge is -2.15. The van der Waals surface area contributed by atoms with Gasteiger partial charge in [-0.2, -0.15) is 0 Å². The van der Waals surface area contributed by atoms with Crippen molar-refractivity contribution in [2.24, 2.45) is 0 Å². The molecule has 2 aromatic rings. The van der Waals surface area contributed by atoms with E-state index in [9.17, 15) is 0 Å². The van der Waals surface area contributed by atoms with Gasteiger partial charge in [-0.05, 0) is 18.2 Å². The van der Waals surface area contributed by atoms with Crippen LogP contribution in [0.5, 0.6) is 0 Å². The SMILES string of the molecule is Clc1ccc(-c2nc(C(Cl)(Cl)Cl)nc(C(Cl)(Cl)Cl)n2)cc1Cl. The summed E-state index contributed by atoms with van der Waals surface area (Å²) in [5.74, 6) is -0.249. The Bertz CT molecular complexity index is 675. The summed E-state index contributed by atoms with van der Waals surface area (Å²) in [6.45, 7) is 0. The maximum absolute atomic E-state index is 5.96. The van der Waals surface area contributed by atoms with Crippen molar-refractivity contribution in [3.8, 4) is 11.4 Å². The van der Waals surface area contributed by atoms with Crippen molar-refractivity contribution in [2.45, 2.75) is 7.59 Å². The molecule has 1 heterocycles. The minimum atomic E-state index is -1.92. The van der Waals surface area contributed by atoms with E-state index >= 15 is 0 Å². The highest BCUT2D eigenvalue weighted by molar-refractivity contribution is 6.67. The molecule has 0 fully saturated rings. The second kappa shape index (κ2) is 6.81. The molecule has 0 aliphatic carbocycles. The molecule has 0 radical (unpaired) electrons. The van der Waals surface area contributed by atoms with Gasteiger partial charge in [-0.3, -0.25) is 0 Å². The van der Waals surface area contributed by atoms with Gasteiger partial charge in [0.25, 0.3) is 0 Å². The number of hydrogen-bond acceptors (Lipinski definition) is 3. The molecule has 22 heavy (non-hydrogen) atoms. The Balaban J connectivity index is 2.67. The van der Waals surface area contributed by atoms with E-state index < -0.39 is 7.59 Å². The molecule has 0 saturated heterocycles. The first kappa shape index (κ1) is 18.9. The van der Waals surface area contributed by atoms with E-state index in [4.69, 9.17) is 92.8 Å². The second-order valence-electron chi connectivity index (χ2n) is 3.93. The van der Waals surface area contributed by atoms with Gasteiger partial charge < -0.3 is 0 Å². The number of alkyl halides is 6. The monoisotopic (exact) mass is 457 g/mol. The van der Waals surface area contributed by atoms with Crippen LogP contribution in [-0.4, -0.2) is 15.0 Å². The van der Waals surface area contributed by atoms with Crippen LogP contribution >= 0.6 is 92.8 Å². The number of aromatic nitrogens is 3. The minimum absolute atomic E-state index is 0.121. The largest absolute Gasteiger partial charge is 0.250 e. The Kier molecular flexibility index (Phi) is 5.85. The van der Waals surface area contributed by atoms with E-state index in [0.717, 1.165) is 0 Å². The van der Waals surface area contributed by atoms with Crippen LogP contribution in [0.4, 0.5) is 0 Å². The molecule has 0 N–H and O–H groups in total. The zero-order valence-corrected chi connectivity index (χ0v) is 16.1. The van der Waals surface area contributed by atoms with Gasteiger partial charge in [-0.1, -0.05) is 92.8 Å². The summed E-state index contributed by atoms with van der Waals surface area (Å²) in [5.41, 5.74) is 0.489. The first-order chi connectivity index (χ1) is 9.98. The molecular weight excluding hydrogens is 458 g/mol. The Labute approximate surface area is 165 Å². The first-order valence-corrected chi connectivity index (χ1v) is 8.37. The Morgan fingerprint density at radius 1 is 0.682 bits per heavy atom. The third kappa shape index (κ3) is 4.55. The summed E-state index contributed by atoms with van der Waals surface area (Å²) in [6.07, 6.45) is 0. The Morgan fingerprint density at radius 3 is 1.59 bits per heavy atom. The molecule has 0 aliphatic rings. The van der Waals surface area contributed by atoms with Gasteiger partial charge in [0.2, 0.25) is 7.59 Å². The van der Waals surface area contributed by atoms with Crippen molar-refractivity contribution < 1.29 is 0 Å². The van der Waals surface area contributed by atoms with Crippen molar-refractivity contribution in [2.75, 3.05) is 0 Å². The van der Waals surface area contributed by atoms with Crippen LogP contribution in [0.1, 0.15) is 11.6 Å². The average Bonchev–Trinajstić information content (AvgIpc) is 2.39. The van der Waals surface area contributed by atoms with Gasteiger partial charge in [-0.15, -0.1) is 0 Å². The lowest BCUT2D eigenvalue weighted by atomic mass is 10.2. The summed E-state index contributed by atoms with van der Waals surface area (Å²) in [5, 5.41) is 0.660. The van der Waals surface area contributed by atoms with Crippen molar-refractivity contribution >= 4 is 92.8 Å². The van der Waals surface area contributed by atoms with Gasteiger partial charge in [0, 0.05) is 5.56 Å². The standard InChI is InChI=1S/C11H3Cl8N3/c12-5-2-1-4(3-6(5)13)7-20-8(10(14,15)16)22-9(21-7)11(17,18)19/h1-3H. The van der Waals surface area contributed by atoms with Crippen LogP contribution in [-0.2, 0) is 7.59 Å². The molecule has 1 aromatic heterocycles. The highest BCUT2D eigenvalue weighted by Gasteiger charge is 2.34. The van der Waals surface area contributed by atoms with Gasteiger partial charge in [0.1, 0.15) is 0 Å². The maximum atomic E-state index is 5.96. The molecular formula is C11H3Cl8N3. The third-order valence-electron chi connectivity index (χ3n) is 2.32. The lowest BCUT2D eigenvalue weighted by molar-refractivity contribution is 0.851. The molecule has 0 aliphatic heterocycles. The van der Waals surface area contributed by atoms with Crippen LogP contribution in [0, 0.1) is 0 Å². The van der Waals surface area contributed by atoms with Crippen LogP contribution in [0.3, 0.4) is 0 Å². The predicted octanol–water partition coefficient (Wildman–Crippen LogP) is 6.50. The van der Waals surface area contributed by atoms with Crippen molar-refractivity contribution in [3.05, 3.63) is 39.9 Å². The van der Waals surface area contributed by atoms with E-state index in [1.54, 1.807) is 12.1 Å². The number of halogens is 8. The zero-order chi connectivity index (χ0) is 16.7. The van der Waals surface area contributed by atoms with Crippen molar-refractivity contribution in [1.82, 2.24) is 15.0 Å². The molecule has 11 heteroatoms. The highest BCUT2D eigenvalue weighted by atomic mass is 35.6. The minimum Gasteiger partial charge on any atom is -0.209 e. The lowest BCUT2D eigenvalue weighted by Crippen LogP contribution is -2.16. The predicted molar refractivity (Wildman–Crippen MR) is 93.8 cm³/mol. The van der Waals surface area contributed by atoms with Crippen molar-refractivity contribution in [3.63, 3.8) is 0 Å². The molecule has 118 valence electrons. The van der Waals surface area contributed by atoms with E-state index in [0.29, 0.717) is 15.6 Å². The first-order valence-electron chi connectivity index (χ1n) is 5.34. The van der Waals surface area contributed by atoms with Gasteiger partial charge in [0.05, 0.1) is 10.0 Å². The molecule has 0 saturated carbocycles. The number of hydrogen-bond donors (Lipinski definition) is 0. The van der Waals surface area contributed by atoms with E-state index in [2.05, 4.69) is 15.0 Å². The second-order valence-corrected chi connectivity index (χ2v) is 9.31. The van der Waals surface area contributed by atoms with Crippen LogP contribution in [0.2, 0.25) is 10.0 Å². The average molecular weight is 461 g/mol. The normalized spacial score (nSPS) is 12.5. The van der Waals surface area contributed by atoms with E-state index in [1.165, 1.54) is 6.07 Å². The van der Waals surface area contributed by atoms with Gasteiger partial charge in [0.15, 0.2) is 17.5 Å². The fourth-order valence-electron chi connectivity index (χ4n) is 1.39. The quantitative estimate of drug-likeness (QED) is 0.456. The topological polar surface area (TPSA) is 38.7 Å². The summed E-state index contributed by atoms with van der Waals surface area (Å²) >= 11 is 46.6. The number of rotatable bonds is 1. The summed E-state index contributed by atoms with van der Waals surface area (Å²) in [7, 11) is 0. The van der Waals surface area contributed by atoms with Gasteiger partial charge in [-0.25, -0.2) is 15.0 Å². The molecule has 0 spiro atoms. The van der Waals surface area contributed by atoms with Crippen LogP contribution < -0.4 is 0 Å². The highest BCUT2D eigenvalue weighted by Crippen LogP contribution is 2.41. The fraction of sp³-hybridized carbons (Fsp3) is 0.182. The summed E-state index contributed by atoms with van der Waals surface area (Å²) in [4.78, 5) is 12.0. The molecule has 0 unspecified atom stereocenters. The third-order valence-corrected chi connectivity index (χ3v) is 4.07. The Hall–Kier alpha value is 0.550. The maximum Gasteiger partial charge on any atom is 0.250 e. The fourth-order valence-corrected chi connectivity index (χ4v) is 2.20. The molecule has 0 amide bonds. The number of benzene rings is 1. The summed E-state index contributed by atoms with van der Waals surface area (Å²) < 4.78 is -3.84. The number of nitrogens with zero attached hydrogens (tertiary/aromatic N) is 3. The van der Waals surface area contributed by atoms with Crippen LogP contribution in [0.15, 0.2) is 18.2 Å². The zero-order valence-electron chi connectivity index (χ0n) is 10.1.